The van der Waals surface area contributed by atoms with Crippen molar-refractivity contribution in [2.45, 2.75) is 142 Å². The van der Waals surface area contributed by atoms with Gasteiger partial charge in [0.25, 0.3) is 0 Å². The van der Waals surface area contributed by atoms with E-state index in [1.165, 1.54) is 128 Å². The van der Waals surface area contributed by atoms with Crippen molar-refractivity contribution in [3.05, 3.63) is 23.8 Å². The molecule has 0 nitrogen and oxygen atoms in total. The van der Waals surface area contributed by atoms with Crippen molar-refractivity contribution >= 4 is 8.58 Å². The first kappa shape index (κ1) is 26.9. The summed E-state index contributed by atoms with van der Waals surface area (Å²) in [6.45, 7) is 4.59. The van der Waals surface area contributed by atoms with Gasteiger partial charge in [-0.1, -0.05) is 149 Å². The average Bonchev–Trinajstić information content (AvgIpc) is 2.68. The molecule has 0 atom stereocenters. The molecule has 0 rings (SSSR count). The largest absolute Gasteiger partial charge is 0.0840 e. The highest BCUT2D eigenvalue weighted by molar-refractivity contribution is 7.45. The lowest BCUT2D eigenvalue weighted by Gasteiger charge is -2.00. The molecule has 0 spiro atoms. The first-order chi connectivity index (χ1) is 13.4. The molecule has 0 saturated heterocycles. The van der Waals surface area contributed by atoms with Crippen LogP contribution in [0.25, 0.3) is 0 Å². The van der Waals surface area contributed by atoms with Crippen molar-refractivity contribution in [3.63, 3.8) is 0 Å². The van der Waals surface area contributed by atoms with E-state index >= 15 is 0 Å². The van der Waals surface area contributed by atoms with Crippen molar-refractivity contribution in [2.24, 2.45) is 0 Å². The van der Waals surface area contributed by atoms with E-state index < -0.39 is 0 Å². The van der Waals surface area contributed by atoms with Crippen LogP contribution in [0.4, 0.5) is 0 Å². The molecule has 0 aromatic rings. The van der Waals surface area contributed by atoms with Gasteiger partial charge in [0.15, 0.2) is 0 Å². The van der Waals surface area contributed by atoms with Gasteiger partial charge in [-0.3, -0.25) is 0 Å². The Bertz CT molecular complexity index is 275. The van der Waals surface area contributed by atoms with Gasteiger partial charge < -0.3 is 0 Å². The lowest BCUT2D eigenvalue weighted by atomic mass is 10.1. The zero-order valence-electron chi connectivity index (χ0n) is 19.0. The molecule has 160 valence electrons. The molecule has 0 radical (unpaired) electrons. The Morgan fingerprint density at radius 1 is 0.407 bits per heavy atom. The fourth-order valence-corrected chi connectivity index (χ4v) is 4.22. The molecule has 0 aliphatic carbocycles. The summed E-state index contributed by atoms with van der Waals surface area (Å²) in [4.78, 5) is 0. The summed E-state index contributed by atoms with van der Waals surface area (Å²) in [5.74, 6) is 4.77. The molecular weight excluding hydrogens is 343 g/mol. The summed E-state index contributed by atoms with van der Waals surface area (Å²) in [5, 5.41) is 0. The highest BCUT2D eigenvalue weighted by Crippen LogP contribution is 2.17. The maximum absolute atomic E-state index is 2.41. The van der Waals surface area contributed by atoms with Gasteiger partial charge in [0.1, 0.15) is 0 Å². The minimum atomic E-state index is 0.895. The smallest absolute Gasteiger partial charge is 0.0347 e. The summed E-state index contributed by atoms with van der Waals surface area (Å²) in [5.41, 5.74) is 0. The Kier molecular flexibility index (Phi) is 25.8. The lowest BCUT2D eigenvalue weighted by molar-refractivity contribution is 0.566. The van der Waals surface area contributed by atoms with Crippen molar-refractivity contribution in [1.29, 1.82) is 0 Å². The molecule has 0 amide bonds. The number of unbranched alkanes of at least 4 members (excludes halogenated alkanes) is 18. The third-order valence-electron chi connectivity index (χ3n) is 5.38. The summed E-state index contributed by atoms with van der Waals surface area (Å²) in [6, 6.07) is 0. The maximum atomic E-state index is 2.41. The van der Waals surface area contributed by atoms with E-state index in [1.54, 1.807) is 0 Å². The molecule has 0 bridgehead atoms. The van der Waals surface area contributed by atoms with Gasteiger partial charge in [-0.2, -0.15) is 0 Å². The summed E-state index contributed by atoms with van der Waals surface area (Å²) >= 11 is 0. The predicted octanol–water partition coefficient (Wildman–Crippen LogP) is 10.5. The van der Waals surface area contributed by atoms with Gasteiger partial charge in [-0.25, -0.2) is 0 Å². The SMILES string of the molecule is CCCCCCCCCCCC=CPC=CCCCCCCCCCCC. The molecule has 0 N–H and O–H groups in total. The van der Waals surface area contributed by atoms with Crippen molar-refractivity contribution in [3.8, 4) is 0 Å². The Morgan fingerprint density at radius 2 is 0.704 bits per heavy atom. The second-order valence-electron chi connectivity index (χ2n) is 8.21. The summed E-state index contributed by atoms with van der Waals surface area (Å²) < 4.78 is 0. The van der Waals surface area contributed by atoms with Gasteiger partial charge in [0, 0.05) is 0 Å². The molecule has 0 heterocycles. The van der Waals surface area contributed by atoms with E-state index in [1.807, 2.05) is 0 Å². The van der Waals surface area contributed by atoms with Gasteiger partial charge in [0.05, 0.1) is 0 Å². The highest BCUT2D eigenvalue weighted by Gasteiger charge is 1.92. The molecule has 1 heteroatoms. The highest BCUT2D eigenvalue weighted by atomic mass is 31.1. The predicted molar refractivity (Wildman–Crippen MR) is 130 cm³/mol. The first-order valence-corrected chi connectivity index (χ1v) is 13.6. The van der Waals surface area contributed by atoms with Crippen LogP contribution in [0.1, 0.15) is 142 Å². The second kappa shape index (κ2) is 25.9. The van der Waals surface area contributed by atoms with Crippen LogP contribution in [-0.4, -0.2) is 0 Å². The minimum Gasteiger partial charge on any atom is -0.0840 e. The minimum absolute atomic E-state index is 0.895. The van der Waals surface area contributed by atoms with Crippen LogP contribution in [-0.2, 0) is 0 Å². The standard InChI is InChI=1S/C26H51P/c1-3-5-7-9-11-13-15-17-19-21-23-25-27-26-24-22-20-18-16-14-12-10-8-6-4-2/h23-27H,3-22H2,1-2H3. The van der Waals surface area contributed by atoms with Crippen LogP contribution in [0.2, 0.25) is 0 Å². The van der Waals surface area contributed by atoms with E-state index in [9.17, 15) is 0 Å². The number of rotatable bonds is 22. The zero-order chi connectivity index (χ0) is 19.7. The molecule has 27 heavy (non-hydrogen) atoms. The number of hydrogen-bond acceptors (Lipinski definition) is 0. The molecule has 0 aromatic carbocycles. The topological polar surface area (TPSA) is 0 Å². The van der Waals surface area contributed by atoms with Crippen LogP contribution in [0.15, 0.2) is 23.8 Å². The monoisotopic (exact) mass is 394 g/mol. The van der Waals surface area contributed by atoms with E-state index in [2.05, 4.69) is 37.6 Å². The average molecular weight is 395 g/mol. The van der Waals surface area contributed by atoms with E-state index in [0.29, 0.717) is 0 Å². The third-order valence-corrected chi connectivity index (χ3v) is 6.23. The van der Waals surface area contributed by atoms with E-state index in [-0.39, 0.29) is 0 Å². The van der Waals surface area contributed by atoms with E-state index in [4.69, 9.17) is 0 Å². The van der Waals surface area contributed by atoms with Crippen LogP contribution in [0.5, 0.6) is 0 Å². The van der Waals surface area contributed by atoms with Gasteiger partial charge in [-0.05, 0) is 25.7 Å². The Balaban J connectivity index is 3.14. The van der Waals surface area contributed by atoms with Crippen molar-refractivity contribution < 1.29 is 0 Å². The Labute approximate surface area is 174 Å². The molecule has 0 aliphatic rings. The van der Waals surface area contributed by atoms with Crippen molar-refractivity contribution in [1.82, 2.24) is 0 Å². The lowest BCUT2D eigenvalue weighted by Crippen LogP contribution is -1.80. The first-order valence-electron chi connectivity index (χ1n) is 12.5. The maximum Gasteiger partial charge on any atom is -0.0347 e. The van der Waals surface area contributed by atoms with E-state index in [0.717, 1.165) is 8.58 Å². The molecule has 0 fully saturated rings. The molecule has 0 unspecified atom stereocenters. The molecule has 0 aliphatic heterocycles. The number of allylic oxidation sites excluding steroid dienone is 2. The molecule has 0 saturated carbocycles. The van der Waals surface area contributed by atoms with Gasteiger partial charge in [-0.15, -0.1) is 0 Å². The normalized spacial score (nSPS) is 12.4. The summed E-state index contributed by atoms with van der Waals surface area (Å²) in [7, 11) is 0.895. The quantitative estimate of drug-likeness (QED) is 0.126. The fourth-order valence-electron chi connectivity index (χ4n) is 3.50. The molecule has 0 aromatic heterocycles. The summed E-state index contributed by atoms with van der Waals surface area (Å²) in [6.07, 6.45) is 33.1. The second-order valence-corrected chi connectivity index (χ2v) is 9.21. The Morgan fingerprint density at radius 3 is 1.04 bits per heavy atom. The number of hydrogen-bond donors (Lipinski definition) is 0. The van der Waals surface area contributed by atoms with Crippen LogP contribution in [0, 0.1) is 0 Å². The Hall–Kier alpha value is -0.0900. The van der Waals surface area contributed by atoms with Crippen LogP contribution >= 0.6 is 8.58 Å². The van der Waals surface area contributed by atoms with Crippen molar-refractivity contribution in [2.75, 3.05) is 0 Å². The van der Waals surface area contributed by atoms with Crippen LogP contribution < -0.4 is 0 Å². The van der Waals surface area contributed by atoms with Crippen LogP contribution in [0.3, 0.4) is 0 Å². The zero-order valence-corrected chi connectivity index (χ0v) is 20.0. The van der Waals surface area contributed by atoms with Gasteiger partial charge >= 0.3 is 0 Å². The van der Waals surface area contributed by atoms with Gasteiger partial charge in [0.2, 0.25) is 0 Å². The molecular formula is C26H51P. The fraction of sp³-hybridized carbons (Fsp3) is 0.846. The third kappa shape index (κ3) is 25.9.